The van der Waals surface area contributed by atoms with Crippen LogP contribution in [0.2, 0.25) is 0 Å². The van der Waals surface area contributed by atoms with Crippen molar-refractivity contribution >= 4 is 17.6 Å². The Hall–Kier alpha value is -2.63. The molecule has 6 heteroatoms. The number of aromatic nitrogens is 2. The number of amides is 1. The summed E-state index contributed by atoms with van der Waals surface area (Å²) in [4.78, 5) is 23.2. The Bertz CT molecular complexity index is 746. The highest BCUT2D eigenvalue weighted by Crippen LogP contribution is 2.28. The van der Waals surface area contributed by atoms with E-state index in [0.717, 1.165) is 18.4 Å². The number of carboxylic acids is 1. The summed E-state index contributed by atoms with van der Waals surface area (Å²) >= 11 is 0. The Kier molecular flexibility index (Phi) is 5.16. The minimum Gasteiger partial charge on any atom is -0.481 e. The van der Waals surface area contributed by atoms with Crippen molar-refractivity contribution in [2.24, 2.45) is 5.92 Å². The Morgan fingerprint density at radius 1 is 1.24 bits per heavy atom. The third-order valence-corrected chi connectivity index (χ3v) is 4.72. The maximum absolute atomic E-state index is 12.3. The lowest BCUT2D eigenvalue weighted by Gasteiger charge is -2.09. The van der Waals surface area contributed by atoms with Gasteiger partial charge in [-0.1, -0.05) is 31.9 Å². The van der Waals surface area contributed by atoms with Crippen molar-refractivity contribution in [1.29, 1.82) is 0 Å². The van der Waals surface area contributed by atoms with Gasteiger partial charge in [-0.25, -0.2) is 0 Å². The summed E-state index contributed by atoms with van der Waals surface area (Å²) in [5.41, 5.74) is 2.01. The normalized spacial score (nSPS) is 15.9. The maximum Gasteiger partial charge on any atom is 0.306 e. The molecule has 0 spiro atoms. The largest absolute Gasteiger partial charge is 0.481 e. The van der Waals surface area contributed by atoms with Crippen LogP contribution < -0.4 is 5.32 Å². The zero-order valence-corrected chi connectivity index (χ0v) is 14.3. The summed E-state index contributed by atoms with van der Waals surface area (Å²) in [6.07, 6.45) is 7.03. The number of aliphatic carboxylic acids is 1. The van der Waals surface area contributed by atoms with Crippen LogP contribution in [0.5, 0.6) is 0 Å². The van der Waals surface area contributed by atoms with Gasteiger partial charge in [0.1, 0.15) is 0 Å². The standard InChI is InChI=1S/C19H23N3O3/c1-13(19(24)25)12-14-6-8-15(9-7-14)20-18(23)17-10-11-22(21-17)16-4-2-3-5-16/h6-11,13,16H,2-5,12H2,1H3,(H,20,23)(H,24,25). The summed E-state index contributed by atoms with van der Waals surface area (Å²) in [5, 5.41) is 16.2. The van der Waals surface area contributed by atoms with E-state index in [1.807, 2.05) is 23.0 Å². The summed E-state index contributed by atoms with van der Waals surface area (Å²) in [7, 11) is 0. The topological polar surface area (TPSA) is 84.2 Å². The summed E-state index contributed by atoms with van der Waals surface area (Å²) in [6, 6.07) is 9.41. The molecule has 6 nitrogen and oxygen atoms in total. The highest BCUT2D eigenvalue weighted by atomic mass is 16.4. The molecule has 1 amide bonds. The van der Waals surface area contributed by atoms with Crippen LogP contribution in [0.25, 0.3) is 0 Å². The van der Waals surface area contributed by atoms with Gasteiger partial charge in [-0.05, 0) is 43.0 Å². The summed E-state index contributed by atoms with van der Waals surface area (Å²) < 4.78 is 1.90. The third-order valence-electron chi connectivity index (χ3n) is 4.72. The molecule has 1 aromatic heterocycles. The molecule has 1 atom stereocenters. The number of anilines is 1. The van der Waals surface area contributed by atoms with Crippen LogP contribution in [0.1, 0.15) is 54.7 Å². The van der Waals surface area contributed by atoms with Gasteiger partial charge in [0.2, 0.25) is 0 Å². The minimum absolute atomic E-state index is 0.233. The smallest absolute Gasteiger partial charge is 0.306 e. The van der Waals surface area contributed by atoms with E-state index >= 15 is 0 Å². The SMILES string of the molecule is CC(Cc1ccc(NC(=O)c2ccn(C3CCCC3)n2)cc1)C(=O)O. The second-order valence-electron chi connectivity index (χ2n) is 6.71. The fourth-order valence-electron chi connectivity index (χ4n) is 3.19. The monoisotopic (exact) mass is 341 g/mol. The van der Waals surface area contributed by atoms with E-state index in [-0.39, 0.29) is 5.91 Å². The minimum atomic E-state index is -0.810. The molecule has 2 aromatic rings. The van der Waals surface area contributed by atoms with E-state index in [1.165, 1.54) is 12.8 Å². The van der Waals surface area contributed by atoms with Crippen LogP contribution >= 0.6 is 0 Å². The molecule has 0 aliphatic heterocycles. The molecule has 1 aromatic carbocycles. The zero-order valence-electron chi connectivity index (χ0n) is 14.3. The number of nitrogens with one attached hydrogen (secondary N) is 1. The quantitative estimate of drug-likeness (QED) is 0.842. The predicted octanol–water partition coefficient (Wildman–Crippen LogP) is 3.51. The first-order valence-electron chi connectivity index (χ1n) is 8.71. The highest BCUT2D eigenvalue weighted by Gasteiger charge is 2.19. The molecule has 0 radical (unpaired) electrons. The number of carbonyl (C=O) groups is 2. The Labute approximate surface area is 146 Å². The van der Waals surface area contributed by atoms with Crippen molar-refractivity contribution < 1.29 is 14.7 Å². The van der Waals surface area contributed by atoms with Crippen molar-refractivity contribution in [3.05, 3.63) is 47.8 Å². The van der Waals surface area contributed by atoms with E-state index in [1.54, 1.807) is 25.1 Å². The molecule has 1 aliphatic rings. The molecule has 2 N–H and O–H groups in total. The summed E-state index contributed by atoms with van der Waals surface area (Å²) in [6.45, 7) is 1.68. The second-order valence-corrected chi connectivity index (χ2v) is 6.71. The Balaban J connectivity index is 1.60. The number of rotatable bonds is 6. The molecule has 0 saturated heterocycles. The highest BCUT2D eigenvalue weighted by molar-refractivity contribution is 6.02. The number of hydrogen-bond donors (Lipinski definition) is 2. The number of carboxylic acid groups (broad SMARTS) is 1. The van der Waals surface area contributed by atoms with Crippen LogP contribution in [-0.4, -0.2) is 26.8 Å². The Morgan fingerprint density at radius 3 is 2.56 bits per heavy atom. The van der Waals surface area contributed by atoms with Gasteiger partial charge in [-0.3, -0.25) is 14.3 Å². The predicted molar refractivity (Wildman–Crippen MR) is 94.6 cm³/mol. The van der Waals surface area contributed by atoms with Crippen LogP contribution in [0.3, 0.4) is 0 Å². The van der Waals surface area contributed by atoms with Gasteiger partial charge in [0.15, 0.2) is 5.69 Å². The number of hydrogen-bond acceptors (Lipinski definition) is 3. The van der Waals surface area contributed by atoms with Gasteiger partial charge in [-0.15, -0.1) is 0 Å². The number of benzene rings is 1. The van der Waals surface area contributed by atoms with E-state index in [4.69, 9.17) is 5.11 Å². The van der Waals surface area contributed by atoms with E-state index in [9.17, 15) is 9.59 Å². The first-order chi connectivity index (χ1) is 12.0. The molecule has 1 fully saturated rings. The maximum atomic E-state index is 12.3. The van der Waals surface area contributed by atoms with Gasteiger partial charge in [0, 0.05) is 11.9 Å². The average molecular weight is 341 g/mol. The molecule has 1 saturated carbocycles. The zero-order chi connectivity index (χ0) is 17.8. The van der Waals surface area contributed by atoms with Crippen molar-refractivity contribution in [2.45, 2.75) is 45.1 Å². The first-order valence-corrected chi connectivity index (χ1v) is 8.71. The van der Waals surface area contributed by atoms with E-state index in [0.29, 0.717) is 23.8 Å². The average Bonchev–Trinajstić information content (AvgIpc) is 3.27. The van der Waals surface area contributed by atoms with Crippen LogP contribution in [0.4, 0.5) is 5.69 Å². The van der Waals surface area contributed by atoms with Crippen LogP contribution in [-0.2, 0) is 11.2 Å². The lowest BCUT2D eigenvalue weighted by Crippen LogP contribution is -2.14. The molecule has 1 aliphatic carbocycles. The third kappa shape index (κ3) is 4.26. The van der Waals surface area contributed by atoms with Gasteiger partial charge >= 0.3 is 5.97 Å². The molecule has 1 heterocycles. The van der Waals surface area contributed by atoms with E-state index < -0.39 is 11.9 Å². The molecule has 25 heavy (non-hydrogen) atoms. The fourth-order valence-corrected chi connectivity index (χ4v) is 3.19. The molecular formula is C19H23N3O3. The first kappa shape index (κ1) is 17.2. The lowest BCUT2D eigenvalue weighted by molar-refractivity contribution is -0.141. The van der Waals surface area contributed by atoms with Gasteiger partial charge < -0.3 is 10.4 Å². The van der Waals surface area contributed by atoms with Gasteiger partial charge in [-0.2, -0.15) is 5.10 Å². The molecule has 0 bridgehead atoms. The molecular weight excluding hydrogens is 318 g/mol. The fraction of sp³-hybridized carbons (Fsp3) is 0.421. The van der Waals surface area contributed by atoms with Crippen molar-refractivity contribution in [2.75, 3.05) is 5.32 Å². The van der Waals surface area contributed by atoms with Gasteiger partial charge in [0.05, 0.1) is 12.0 Å². The van der Waals surface area contributed by atoms with Crippen LogP contribution in [0.15, 0.2) is 36.5 Å². The van der Waals surface area contributed by atoms with E-state index in [2.05, 4.69) is 10.4 Å². The second kappa shape index (κ2) is 7.51. The molecule has 132 valence electrons. The van der Waals surface area contributed by atoms with Crippen molar-refractivity contribution in [1.82, 2.24) is 9.78 Å². The summed E-state index contributed by atoms with van der Waals surface area (Å²) in [5.74, 6) is -1.47. The van der Waals surface area contributed by atoms with Crippen LogP contribution in [0, 0.1) is 5.92 Å². The van der Waals surface area contributed by atoms with Gasteiger partial charge in [0.25, 0.3) is 5.91 Å². The lowest BCUT2D eigenvalue weighted by atomic mass is 10.0. The van der Waals surface area contributed by atoms with Crippen molar-refractivity contribution in [3.8, 4) is 0 Å². The van der Waals surface area contributed by atoms with Crippen molar-refractivity contribution in [3.63, 3.8) is 0 Å². The molecule has 1 unspecified atom stereocenters. The molecule has 3 rings (SSSR count). The number of nitrogens with zero attached hydrogens (tertiary/aromatic N) is 2. The Morgan fingerprint density at radius 2 is 1.92 bits per heavy atom. The number of carbonyl (C=O) groups excluding carboxylic acids is 1.